The molecule has 30 heavy (non-hydrogen) atoms. The van der Waals surface area contributed by atoms with E-state index in [1.807, 2.05) is 5.32 Å². The molecule has 10 N–H and O–H groups in total. The molecule has 0 radical (unpaired) electrons. The van der Waals surface area contributed by atoms with Crippen LogP contribution in [0.3, 0.4) is 0 Å². The van der Waals surface area contributed by atoms with Crippen LogP contribution in [-0.2, 0) is 24.0 Å². The number of aliphatic hydroxyl groups is 1. The zero-order chi connectivity index (χ0) is 23.4. The standard InChI is InChI=1S/C17H31N5O8/c1-8(19)14(26)20-10(5-3-4-6-18)15(27)21-11(7-12(24)25)16(28)22-13(9(2)23)17(29)30/h8-11,13,23H,3-7,18-19H2,1-2H3,(H,20,26)(H,21,27)(H,22,28)(H,24,25)(H,29,30). The molecule has 0 aromatic carbocycles. The van der Waals surface area contributed by atoms with E-state index in [9.17, 15) is 29.1 Å². The Hall–Kier alpha value is -2.77. The van der Waals surface area contributed by atoms with E-state index in [-0.39, 0.29) is 6.42 Å². The Labute approximate surface area is 173 Å². The van der Waals surface area contributed by atoms with Gasteiger partial charge in [0.25, 0.3) is 0 Å². The zero-order valence-electron chi connectivity index (χ0n) is 17.0. The number of hydrogen-bond acceptors (Lipinski definition) is 8. The number of hydrogen-bond donors (Lipinski definition) is 8. The summed E-state index contributed by atoms with van der Waals surface area (Å²) < 4.78 is 0. The Morgan fingerprint density at radius 3 is 1.83 bits per heavy atom. The number of carboxylic acid groups (broad SMARTS) is 2. The summed E-state index contributed by atoms with van der Waals surface area (Å²) in [5.74, 6) is -5.55. The van der Waals surface area contributed by atoms with E-state index in [1.165, 1.54) is 6.92 Å². The summed E-state index contributed by atoms with van der Waals surface area (Å²) in [5, 5.41) is 34.2. The second kappa shape index (κ2) is 13.5. The summed E-state index contributed by atoms with van der Waals surface area (Å²) in [6.07, 6.45) is -1.13. The van der Waals surface area contributed by atoms with E-state index in [1.54, 1.807) is 0 Å². The van der Waals surface area contributed by atoms with Gasteiger partial charge in [-0.2, -0.15) is 0 Å². The predicted octanol–water partition coefficient (Wildman–Crippen LogP) is -3.14. The second-order valence-corrected chi connectivity index (χ2v) is 6.86. The first-order valence-corrected chi connectivity index (χ1v) is 9.40. The summed E-state index contributed by atoms with van der Waals surface area (Å²) in [7, 11) is 0. The number of rotatable bonds is 14. The topological polar surface area (TPSA) is 234 Å². The molecule has 0 saturated carbocycles. The van der Waals surface area contributed by atoms with E-state index in [4.69, 9.17) is 21.7 Å². The van der Waals surface area contributed by atoms with Crippen LogP contribution in [0.15, 0.2) is 0 Å². The van der Waals surface area contributed by atoms with Gasteiger partial charge in [-0.3, -0.25) is 19.2 Å². The van der Waals surface area contributed by atoms with Crippen LogP contribution in [0.4, 0.5) is 0 Å². The molecule has 0 bridgehead atoms. The fourth-order valence-corrected chi connectivity index (χ4v) is 2.36. The lowest BCUT2D eigenvalue weighted by Crippen LogP contribution is -2.58. The second-order valence-electron chi connectivity index (χ2n) is 6.86. The van der Waals surface area contributed by atoms with Crippen molar-refractivity contribution < 1.29 is 39.3 Å². The first-order valence-electron chi connectivity index (χ1n) is 9.40. The van der Waals surface area contributed by atoms with Crippen molar-refractivity contribution in [3.8, 4) is 0 Å². The van der Waals surface area contributed by atoms with Crippen molar-refractivity contribution in [2.75, 3.05) is 6.54 Å². The summed E-state index contributed by atoms with van der Waals surface area (Å²) in [6.45, 7) is 2.89. The van der Waals surface area contributed by atoms with Gasteiger partial charge in [0.15, 0.2) is 6.04 Å². The monoisotopic (exact) mass is 433 g/mol. The summed E-state index contributed by atoms with van der Waals surface area (Å²) in [5.41, 5.74) is 10.9. The minimum atomic E-state index is -1.70. The Bertz CT molecular complexity index is 625. The summed E-state index contributed by atoms with van der Waals surface area (Å²) in [6, 6.07) is -5.36. The lowest BCUT2D eigenvalue weighted by molar-refractivity contribution is -0.146. The van der Waals surface area contributed by atoms with E-state index >= 15 is 0 Å². The average molecular weight is 433 g/mol. The number of carbonyl (C=O) groups is 5. The third-order valence-electron chi connectivity index (χ3n) is 4.05. The molecule has 0 aliphatic carbocycles. The van der Waals surface area contributed by atoms with Crippen LogP contribution in [-0.4, -0.2) is 81.8 Å². The third-order valence-corrected chi connectivity index (χ3v) is 4.05. The molecule has 0 heterocycles. The molecular formula is C17H31N5O8. The zero-order valence-corrected chi connectivity index (χ0v) is 17.0. The van der Waals surface area contributed by atoms with Gasteiger partial charge in [0, 0.05) is 0 Å². The fraction of sp³-hybridized carbons (Fsp3) is 0.706. The highest BCUT2D eigenvalue weighted by Gasteiger charge is 2.32. The Morgan fingerprint density at radius 1 is 0.867 bits per heavy atom. The molecule has 3 amide bonds. The van der Waals surface area contributed by atoms with Crippen LogP contribution in [0, 0.1) is 0 Å². The molecule has 0 saturated heterocycles. The molecule has 13 nitrogen and oxygen atoms in total. The van der Waals surface area contributed by atoms with Gasteiger partial charge in [-0.25, -0.2) is 4.79 Å². The minimum absolute atomic E-state index is 0.161. The Kier molecular flexibility index (Phi) is 12.2. The maximum atomic E-state index is 12.6. The Morgan fingerprint density at radius 2 is 1.40 bits per heavy atom. The van der Waals surface area contributed by atoms with Gasteiger partial charge < -0.3 is 42.7 Å². The van der Waals surface area contributed by atoms with Gasteiger partial charge in [0.1, 0.15) is 12.1 Å². The Balaban J connectivity index is 5.41. The van der Waals surface area contributed by atoms with Crippen LogP contribution in [0.5, 0.6) is 0 Å². The van der Waals surface area contributed by atoms with Crippen molar-refractivity contribution in [2.45, 2.75) is 69.8 Å². The normalized spacial score (nSPS) is 15.8. The molecule has 0 aromatic rings. The first kappa shape index (κ1) is 27.2. The molecule has 13 heteroatoms. The molecular weight excluding hydrogens is 402 g/mol. The lowest BCUT2D eigenvalue weighted by Gasteiger charge is -2.25. The van der Waals surface area contributed by atoms with Gasteiger partial charge in [-0.15, -0.1) is 0 Å². The first-order chi connectivity index (χ1) is 13.9. The van der Waals surface area contributed by atoms with Gasteiger partial charge >= 0.3 is 11.9 Å². The molecule has 0 aromatic heterocycles. The highest BCUT2D eigenvalue weighted by molar-refractivity contribution is 5.95. The fourth-order valence-electron chi connectivity index (χ4n) is 2.36. The van der Waals surface area contributed by atoms with E-state index in [0.717, 1.165) is 6.92 Å². The van der Waals surface area contributed by atoms with Gasteiger partial charge in [-0.05, 0) is 39.7 Å². The van der Waals surface area contributed by atoms with Crippen molar-refractivity contribution in [1.82, 2.24) is 16.0 Å². The van der Waals surface area contributed by atoms with Crippen LogP contribution in [0.2, 0.25) is 0 Å². The number of amides is 3. The quantitative estimate of drug-likeness (QED) is 0.128. The number of aliphatic carboxylic acids is 2. The molecule has 5 atom stereocenters. The lowest BCUT2D eigenvalue weighted by atomic mass is 10.1. The van der Waals surface area contributed by atoms with E-state index < -0.39 is 66.4 Å². The molecule has 172 valence electrons. The number of nitrogens with two attached hydrogens (primary N) is 2. The van der Waals surface area contributed by atoms with Crippen LogP contribution in [0.25, 0.3) is 0 Å². The molecule has 0 aliphatic rings. The number of nitrogens with one attached hydrogen (secondary N) is 3. The number of carboxylic acids is 2. The SMILES string of the molecule is CC(N)C(=O)NC(CCCCN)C(=O)NC(CC(=O)O)C(=O)NC(C(=O)O)C(C)O. The van der Waals surface area contributed by atoms with Gasteiger partial charge in [0.05, 0.1) is 18.6 Å². The molecule has 0 spiro atoms. The average Bonchev–Trinajstić information content (AvgIpc) is 2.63. The van der Waals surface area contributed by atoms with Crippen molar-refractivity contribution in [3.05, 3.63) is 0 Å². The van der Waals surface area contributed by atoms with Crippen LogP contribution in [0.1, 0.15) is 39.5 Å². The molecule has 5 unspecified atom stereocenters. The number of unbranched alkanes of at least 4 members (excludes halogenated alkanes) is 1. The highest BCUT2D eigenvalue weighted by Crippen LogP contribution is 2.04. The van der Waals surface area contributed by atoms with Crippen molar-refractivity contribution in [1.29, 1.82) is 0 Å². The van der Waals surface area contributed by atoms with Crippen molar-refractivity contribution in [3.63, 3.8) is 0 Å². The van der Waals surface area contributed by atoms with Gasteiger partial charge in [0.2, 0.25) is 17.7 Å². The van der Waals surface area contributed by atoms with Crippen LogP contribution >= 0.6 is 0 Å². The number of aliphatic hydroxyl groups excluding tert-OH is 1. The minimum Gasteiger partial charge on any atom is -0.481 e. The molecule has 0 rings (SSSR count). The third kappa shape index (κ3) is 10.1. The van der Waals surface area contributed by atoms with Gasteiger partial charge in [-0.1, -0.05) is 0 Å². The maximum absolute atomic E-state index is 12.6. The largest absolute Gasteiger partial charge is 0.481 e. The van der Waals surface area contributed by atoms with Crippen molar-refractivity contribution in [2.24, 2.45) is 11.5 Å². The number of carbonyl (C=O) groups excluding carboxylic acids is 3. The van der Waals surface area contributed by atoms with E-state index in [0.29, 0.717) is 19.4 Å². The maximum Gasteiger partial charge on any atom is 0.328 e. The summed E-state index contributed by atoms with van der Waals surface area (Å²) >= 11 is 0. The predicted molar refractivity (Wildman–Crippen MR) is 104 cm³/mol. The molecule has 0 fully saturated rings. The highest BCUT2D eigenvalue weighted by atomic mass is 16.4. The van der Waals surface area contributed by atoms with Crippen molar-refractivity contribution >= 4 is 29.7 Å². The van der Waals surface area contributed by atoms with E-state index in [2.05, 4.69) is 10.6 Å². The smallest absolute Gasteiger partial charge is 0.328 e. The molecule has 0 aliphatic heterocycles. The van der Waals surface area contributed by atoms with Crippen LogP contribution < -0.4 is 27.4 Å². The summed E-state index contributed by atoms with van der Waals surface area (Å²) in [4.78, 5) is 59.1.